The van der Waals surface area contributed by atoms with Gasteiger partial charge in [0.15, 0.2) is 0 Å². The number of aliphatic hydroxyl groups is 3. The van der Waals surface area contributed by atoms with Crippen LogP contribution in [0.3, 0.4) is 0 Å². The van der Waals surface area contributed by atoms with Crippen LogP contribution in [0.4, 0.5) is 0 Å². The third kappa shape index (κ3) is 37.2. The van der Waals surface area contributed by atoms with Crippen LogP contribution < -0.4 is 5.32 Å². The molecule has 1 amide bonds. The van der Waals surface area contributed by atoms with Gasteiger partial charge in [-0.1, -0.05) is 218 Å². The summed E-state index contributed by atoms with van der Waals surface area (Å²) >= 11 is 0. The van der Waals surface area contributed by atoms with E-state index < -0.39 is 18.2 Å². The summed E-state index contributed by atoms with van der Waals surface area (Å²) in [6, 6.07) is -0.812. The van der Waals surface area contributed by atoms with E-state index in [1.807, 2.05) is 0 Å². The maximum atomic E-state index is 12.4. The molecule has 0 heterocycles. The largest absolute Gasteiger partial charge is 0.394 e. The second kappa shape index (κ2) is 42.6. The van der Waals surface area contributed by atoms with E-state index in [1.165, 1.54) is 167 Å². The van der Waals surface area contributed by atoms with Gasteiger partial charge in [-0.3, -0.25) is 4.79 Å². The van der Waals surface area contributed by atoms with E-state index in [0.29, 0.717) is 12.8 Å². The Morgan fingerprint density at radius 2 is 0.827 bits per heavy atom. The molecule has 3 atom stereocenters. The van der Waals surface area contributed by atoms with E-state index in [1.54, 1.807) is 0 Å². The Labute approximate surface area is 324 Å². The van der Waals surface area contributed by atoms with Crippen molar-refractivity contribution in [2.24, 2.45) is 0 Å². The molecule has 52 heavy (non-hydrogen) atoms. The second-order valence-electron chi connectivity index (χ2n) is 16.0. The highest BCUT2D eigenvalue weighted by Gasteiger charge is 2.26. The molecule has 0 spiro atoms. The molecule has 0 radical (unpaired) electrons. The van der Waals surface area contributed by atoms with Crippen LogP contribution in [0.2, 0.25) is 0 Å². The lowest BCUT2D eigenvalue weighted by atomic mass is 9.99. The van der Waals surface area contributed by atoms with Gasteiger partial charge < -0.3 is 20.6 Å². The number of aliphatic hydroxyl groups excluding tert-OH is 3. The van der Waals surface area contributed by atoms with Crippen molar-refractivity contribution in [3.8, 4) is 0 Å². The molecule has 0 aliphatic rings. The van der Waals surface area contributed by atoms with Crippen LogP contribution in [0, 0.1) is 0 Å². The van der Waals surface area contributed by atoms with Gasteiger partial charge in [0.05, 0.1) is 18.8 Å². The lowest BCUT2D eigenvalue weighted by Gasteiger charge is -2.26. The molecule has 0 aromatic carbocycles. The van der Waals surface area contributed by atoms with Crippen LogP contribution in [-0.4, -0.2) is 46.1 Å². The van der Waals surface area contributed by atoms with E-state index >= 15 is 0 Å². The molecule has 5 heteroatoms. The smallest absolute Gasteiger partial charge is 0.220 e. The zero-order valence-electron chi connectivity index (χ0n) is 35.0. The van der Waals surface area contributed by atoms with Gasteiger partial charge >= 0.3 is 0 Å². The number of carbonyl (C=O) groups excluding carboxylic acids is 1. The summed E-state index contributed by atoms with van der Waals surface area (Å²) in [6.07, 6.45) is 51.4. The highest BCUT2D eigenvalue weighted by Crippen LogP contribution is 2.16. The number of amides is 1. The van der Waals surface area contributed by atoms with E-state index in [9.17, 15) is 20.1 Å². The molecule has 3 unspecified atom stereocenters. The van der Waals surface area contributed by atoms with Crippen LogP contribution in [0.25, 0.3) is 0 Å². The molecule has 0 bridgehead atoms. The summed E-state index contributed by atoms with van der Waals surface area (Å²) in [5.41, 5.74) is 0. The summed E-state index contributed by atoms with van der Waals surface area (Å²) < 4.78 is 0. The summed E-state index contributed by atoms with van der Waals surface area (Å²) in [7, 11) is 0. The van der Waals surface area contributed by atoms with Crippen molar-refractivity contribution in [2.45, 2.75) is 263 Å². The predicted octanol–water partition coefficient (Wildman–Crippen LogP) is 13.4. The molecule has 308 valence electrons. The molecule has 0 fully saturated rings. The van der Waals surface area contributed by atoms with Crippen molar-refractivity contribution < 1.29 is 20.1 Å². The number of carbonyl (C=O) groups is 1. The quantitative estimate of drug-likeness (QED) is 0.0371. The Morgan fingerprint density at radius 3 is 1.21 bits per heavy atom. The molecule has 0 rings (SSSR count). The molecule has 0 aromatic rings. The van der Waals surface area contributed by atoms with Crippen molar-refractivity contribution >= 4 is 5.91 Å². The van der Waals surface area contributed by atoms with E-state index in [2.05, 4.69) is 43.5 Å². The number of rotatable bonds is 42. The van der Waals surface area contributed by atoms with E-state index in [-0.39, 0.29) is 12.5 Å². The number of hydrogen-bond acceptors (Lipinski definition) is 4. The first-order valence-corrected chi connectivity index (χ1v) is 23.1. The fourth-order valence-corrected chi connectivity index (χ4v) is 7.19. The lowest BCUT2D eigenvalue weighted by molar-refractivity contribution is -0.124. The average Bonchev–Trinajstić information content (AvgIpc) is 3.15. The molecule has 0 aromatic heterocycles. The van der Waals surface area contributed by atoms with Crippen LogP contribution in [0.1, 0.15) is 245 Å². The van der Waals surface area contributed by atoms with Crippen LogP contribution >= 0.6 is 0 Å². The number of nitrogens with one attached hydrogen (secondary N) is 1. The van der Waals surface area contributed by atoms with E-state index in [4.69, 9.17) is 0 Å². The maximum absolute atomic E-state index is 12.4. The third-order valence-corrected chi connectivity index (χ3v) is 10.8. The molecule has 0 aliphatic carbocycles. The van der Waals surface area contributed by atoms with Gasteiger partial charge in [-0.25, -0.2) is 0 Å². The molecule has 4 N–H and O–H groups in total. The molecule has 0 saturated heterocycles. The first-order chi connectivity index (χ1) is 25.6. The minimum Gasteiger partial charge on any atom is -0.394 e. The molecule has 0 saturated carbocycles. The van der Waals surface area contributed by atoms with Crippen LogP contribution in [-0.2, 0) is 4.79 Å². The number of unbranched alkanes of at least 4 members (excludes halogenated alkanes) is 30. The Hall–Kier alpha value is -1.17. The van der Waals surface area contributed by atoms with Crippen molar-refractivity contribution in [2.75, 3.05) is 6.61 Å². The van der Waals surface area contributed by atoms with E-state index in [0.717, 1.165) is 51.4 Å². The SMILES string of the molecule is CCCCCCCCCCC/C=C\C/C=C\CCCCCCCCCC(=O)NC(CO)C(O)C(O)CCCCCCCCCCCCCCCCC. The van der Waals surface area contributed by atoms with Gasteiger partial charge in [-0.2, -0.15) is 0 Å². The molecular weight excluding hydrogens is 643 g/mol. The summed E-state index contributed by atoms with van der Waals surface area (Å²) in [4.78, 5) is 12.4. The third-order valence-electron chi connectivity index (χ3n) is 10.8. The Morgan fingerprint density at radius 1 is 0.481 bits per heavy atom. The number of hydrogen-bond donors (Lipinski definition) is 4. The van der Waals surface area contributed by atoms with Gasteiger partial charge in [0.25, 0.3) is 0 Å². The monoisotopic (exact) mass is 734 g/mol. The van der Waals surface area contributed by atoms with Gasteiger partial charge in [-0.15, -0.1) is 0 Å². The fraction of sp³-hybridized carbons (Fsp3) is 0.894. The minimum atomic E-state index is -1.14. The minimum absolute atomic E-state index is 0.151. The summed E-state index contributed by atoms with van der Waals surface area (Å²) in [6.45, 7) is 4.18. The van der Waals surface area contributed by atoms with Crippen LogP contribution in [0.15, 0.2) is 24.3 Å². The molecule has 0 aliphatic heterocycles. The van der Waals surface area contributed by atoms with Gasteiger partial charge in [0, 0.05) is 6.42 Å². The topological polar surface area (TPSA) is 89.8 Å². The Balaban J connectivity index is 3.62. The molecular formula is C47H91NO4. The maximum Gasteiger partial charge on any atom is 0.220 e. The summed E-state index contributed by atoms with van der Waals surface area (Å²) in [5, 5.41) is 33.6. The van der Waals surface area contributed by atoms with Crippen molar-refractivity contribution in [3.05, 3.63) is 24.3 Å². The first kappa shape index (κ1) is 50.8. The second-order valence-corrected chi connectivity index (χ2v) is 16.0. The van der Waals surface area contributed by atoms with Gasteiger partial charge in [0.1, 0.15) is 6.10 Å². The zero-order valence-corrected chi connectivity index (χ0v) is 35.0. The highest BCUT2D eigenvalue weighted by atomic mass is 16.3. The van der Waals surface area contributed by atoms with Crippen molar-refractivity contribution in [3.63, 3.8) is 0 Å². The standard InChI is InChI=1S/C47H91NO4/c1-3-5-7-9-11-13-15-17-19-20-21-22-23-24-25-26-28-30-32-34-36-38-40-42-46(51)48-44(43-49)47(52)45(50)41-39-37-35-33-31-29-27-18-16-14-12-10-8-6-4-2/h21-22,24-25,44-45,47,49-50,52H,3-20,23,26-43H2,1-2H3,(H,48,51)/b22-21-,25-24-. The number of allylic oxidation sites excluding steroid dienone is 4. The van der Waals surface area contributed by atoms with Crippen molar-refractivity contribution in [1.82, 2.24) is 5.32 Å². The predicted molar refractivity (Wildman–Crippen MR) is 227 cm³/mol. The van der Waals surface area contributed by atoms with Gasteiger partial charge in [0.2, 0.25) is 5.91 Å². The lowest BCUT2D eigenvalue weighted by Crippen LogP contribution is -2.50. The Bertz CT molecular complexity index is 768. The normalized spacial score (nSPS) is 13.7. The molecule has 5 nitrogen and oxygen atoms in total. The fourth-order valence-electron chi connectivity index (χ4n) is 7.19. The van der Waals surface area contributed by atoms with Crippen LogP contribution in [0.5, 0.6) is 0 Å². The Kier molecular flexibility index (Phi) is 41.6. The zero-order chi connectivity index (χ0) is 38.0. The van der Waals surface area contributed by atoms with Crippen molar-refractivity contribution in [1.29, 1.82) is 0 Å². The van der Waals surface area contributed by atoms with Gasteiger partial charge in [-0.05, 0) is 44.9 Å². The summed E-state index contributed by atoms with van der Waals surface area (Å²) in [5.74, 6) is -0.151. The highest BCUT2D eigenvalue weighted by molar-refractivity contribution is 5.76. The first-order valence-electron chi connectivity index (χ1n) is 23.1. The average molecular weight is 734 g/mol.